The van der Waals surface area contributed by atoms with Crippen molar-refractivity contribution in [2.45, 2.75) is 44.3 Å². The fraction of sp³-hybridized carbons (Fsp3) is 0.600. The second kappa shape index (κ2) is 6.71. The number of hydrogen-bond acceptors (Lipinski definition) is 5. The average molecular weight is 371 g/mol. The molecule has 4 fully saturated rings. The van der Waals surface area contributed by atoms with Gasteiger partial charge < -0.3 is 24.6 Å². The number of amides is 2. The lowest BCUT2D eigenvalue weighted by atomic mass is 9.84. The third kappa shape index (κ3) is 3.14. The Morgan fingerprint density at radius 3 is 2.74 bits per heavy atom. The molecule has 1 aromatic rings. The zero-order valence-electron chi connectivity index (χ0n) is 15.4. The SMILES string of the molecule is O=C(NC1CN2CCC1CC2)C1CCC(=O)N1Cc1ccc2c(c1)OCO2. The van der Waals surface area contributed by atoms with Gasteiger partial charge in [0.05, 0.1) is 0 Å². The molecule has 1 aromatic carbocycles. The predicted octanol–water partition coefficient (Wildman–Crippen LogP) is 1.12. The maximum absolute atomic E-state index is 13.0. The van der Waals surface area contributed by atoms with Gasteiger partial charge in [-0.25, -0.2) is 0 Å². The summed E-state index contributed by atoms with van der Waals surface area (Å²) in [5.41, 5.74) is 0.954. The monoisotopic (exact) mass is 371 g/mol. The molecule has 7 heteroatoms. The maximum atomic E-state index is 13.0. The zero-order valence-corrected chi connectivity index (χ0v) is 15.4. The molecule has 2 amide bonds. The van der Waals surface area contributed by atoms with Crippen LogP contribution in [0.15, 0.2) is 18.2 Å². The van der Waals surface area contributed by atoms with Crippen LogP contribution >= 0.6 is 0 Å². The number of nitrogens with zero attached hydrogens (tertiary/aromatic N) is 2. The summed E-state index contributed by atoms with van der Waals surface area (Å²) < 4.78 is 10.8. The Kier molecular flexibility index (Phi) is 4.19. The van der Waals surface area contributed by atoms with Crippen LogP contribution in [0.1, 0.15) is 31.2 Å². The van der Waals surface area contributed by atoms with Gasteiger partial charge in [-0.1, -0.05) is 6.07 Å². The van der Waals surface area contributed by atoms with E-state index < -0.39 is 0 Å². The topological polar surface area (TPSA) is 71.1 Å². The highest BCUT2D eigenvalue weighted by Crippen LogP contribution is 2.34. The first-order valence-electron chi connectivity index (χ1n) is 9.88. The predicted molar refractivity (Wildman–Crippen MR) is 97.2 cm³/mol. The molecule has 2 atom stereocenters. The number of hydrogen-bond donors (Lipinski definition) is 1. The second-order valence-electron chi connectivity index (χ2n) is 8.02. The maximum Gasteiger partial charge on any atom is 0.243 e. The highest BCUT2D eigenvalue weighted by Gasteiger charge is 2.40. The molecule has 0 radical (unpaired) electrons. The molecule has 5 aliphatic heterocycles. The van der Waals surface area contributed by atoms with E-state index in [1.807, 2.05) is 18.2 Å². The van der Waals surface area contributed by atoms with Crippen LogP contribution in [-0.2, 0) is 16.1 Å². The molecule has 5 aliphatic rings. The molecule has 0 saturated carbocycles. The highest BCUT2D eigenvalue weighted by molar-refractivity contribution is 5.91. The molecule has 7 nitrogen and oxygen atoms in total. The van der Waals surface area contributed by atoms with Gasteiger partial charge in [0.1, 0.15) is 6.04 Å². The Morgan fingerprint density at radius 2 is 1.96 bits per heavy atom. The minimum absolute atomic E-state index is 0.000318. The number of benzene rings is 1. The smallest absolute Gasteiger partial charge is 0.243 e. The molecule has 0 aromatic heterocycles. The van der Waals surface area contributed by atoms with Gasteiger partial charge in [0.2, 0.25) is 18.6 Å². The van der Waals surface area contributed by atoms with Crippen LogP contribution in [-0.4, -0.2) is 60.1 Å². The molecule has 2 unspecified atom stereocenters. The molecule has 27 heavy (non-hydrogen) atoms. The van der Waals surface area contributed by atoms with Gasteiger partial charge >= 0.3 is 0 Å². The van der Waals surface area contributed by atoms with Crippen LogP contribution in [0.2, 0.25) is 0 Å². The summed E-state index contributed by atoms with van der Waals surface area (Å²) in [5, 5.41) is 3.25. The van der Waals surface area contributed by atoms with E-state index in [0.717, 1.165) is 43.8 Å². The minimum atomic E-state index is -0.377. The number of fused-ring (bicyclic) bond motifs is 4. The van der Waals surface area contributed by atoms with Crippen molar-refractivity contribution < 1.29 is 19.1 Å². The molecular formula is C20H25N3O4. The highest BCUT2D eigenvalue weighted by atomic mass is 16.7. The van der Waals surface area contributed by atoms with E-state index in [9.17, 15) is 9.59 Å². The van der Waals surface area contributed by atoms with Crippen LogP contribution in [0.5, 0.6) is 11.5 Å². The Hall–Kier alpha value is -2.28. The van der Waals surface area contributed by atoms with Crippen molar-refractivity contribution in [1.82, 2.24) is 15.1 Å². The van der Waals surface area contributed by atoms with E-state index in [2.05, 4.69) is 10.2 Å². The van der Waals surface area contributed by atoms with Crippen LogP contribution in [0.3, 0.4) is 0 Å². The van der Waals surface area contributed by atoms with Gasteiger partial charge in [0.25, 0.3) is 0 Å². The van der Waals surface area contributed by atoms with Gasteiger partial charge in [-0.2, -0.15) is 0 Å². The molecule has 5 heterocycles. The largest absolute Gasteiger partial charge is 0.454 e. The average Bonchev–Trinajstić information content (AvgIpc) is 3.29. The Labute approximate surface area is 158 Å². The van der Waals surface area contributed by atoms with Crippen molar-refractivity contribution in [2.24, 2.45) is 5.92 Å². The van der Waals surface area contributed by atoms with Crippen molar-refractivity contribution in [3.05, 3.63) is 23.8 Å². The van der Waals surface area contributed by atoms with Crippen LogP contribution in [0.25, 0.3) is 0 Å². The first-order valence-corrected chi connectivity index (χ1v) is 9.88. The molecule has 4 saturated heterocycles. The molecule has 0 aliphatic carbocycles. The van der Waals surface area contributed by atoms with Gasteiger partial charge in [-0.15, -0.1) is 0 Å². The standard InChI is InChI=1S/C20H25N3O4/c24-19-4-2-16(20(25)21-15-11-22-7-5-14(15)6-8-22)23(19)10-13-1-3-17-18(9-13)27-12-26-17/h1,3,9,14-16H,2,4-8,10-12H2,(H,21,25). The Bertz CT molecular complexity index is 760. The zero-order chi connectivity index (χ0) is 18.4. The summed E-state index contributed by atoms with van der Waals surface area (Å²) in [6.07, 6.45) is 3.35. The van der Waals surface area contributed by atoms with Gasteiger partial charge in [0, 0.05) is 25.6 Å². The van der Waals surface area contributed by atoms with Crippen LogP contribution < -0.4 is 14.8 Å². The van der Waals surface area contributed by atoms with Crippen molar-refractivity contribution in [3.8, 4) is 11.5 Å². The minimum Gasteiger partial charge on any atom is -0.454 e. The molecular weight excluding hydrogens is 346 g/mol. The Balaban J connectivity index is 1.27. The molecule has 144 valence electrons. The molecule has 0 spiro atoms. The van der Waals surface area contributed by atoms with Crippen molar-refractivity contribution >= 4 is 11.8 Å². The van der Waals surface area contributed by atoms with E-state index in [0.29, 0.717) is 31.1 Å². The van der Waals surface area contributed by atoms with Gasteiger partial charge in [0.15, 0.2) is 11.5 Å². The number of likely N-dealkylation sites (tertiary alicyclic amines) is 1. The van der Waals surface area contributed by atoms with E-state index in [1.165, 1.54) is 0 Å². The molecule has 2 bridgehead atoms. The fourth-order valence-corrected chi connectivity index (χ4v) is 4.85. The number of carbonyl (C=O) groups excluding carboxylic acids is 2. The van der Waals surface area contributed by atoms with Crippen molar-refractivity contribution in [3.63, 3.8) is 0 Å². The lowest BCUT2D eigenvalue weighted by Crippen LogP contribution is -2.59. The number of carbonyl (C=O) groups is 2. The Morgan fingerprint density at radius 1 is 1.15 bits per heavy atom. The van der Waals surface area contributed by atoms with E-state index in [-0.39, 0.29) is 30.7 Å². The summed E-state index contributed by atoms with van der Waals surface area (Å²) in [7, 11) is 0. The van der Waals surface area contributed by atoms with Crippen LogP contribution in [0.4, 0.5) is 0 Å². The summed E-state index contributed by atoms with van der Waals surface area (Å²) in [6.45, 7) is 3.89. The van der Waals surface area contributed by atoms with E-state index in [1.54, 1.807) is 4.90 Å². The third-order valence-electron chi connectivity index (χ3n) is 6.40. The first kappa shape index (κ1) is 16.9. The van der Waals surface area contributed by atoms with E-state index >= 15 is 0 Å². The number of rotatable bonds is 4. The second-order valence-corrected chi connectivity index (χ2v) is 8.02. The lowest BCUT2D eigenvalue weighted by molar-refractivity contribution is -0.136. The fourth-order valence-electron chi connectivity index (χ4n) is 4.85. The van der Waals surface area contributed by atoms with Crippen LogP contribution in [0, 0.1) is 5.92 Å². The molecule has 1 N–H and O–H groups in total. The summed E-state index contributed by atoms with van der Waals surface area (Å²) in [5.74, 6) is 2.05. The quantitative estimate of drug-likeness (QED) is 0.859. The van der Waals surface area contributed by atoms with Gasteiger partial charge in [-0.3, -0.25) is 9.59 Å². The summed E-state index contributed by atoms with van der Waals surface area (Å²) in [4.78, 5) is 29.5. The number of piperidine rings is 3. The third-order valence-corrected chi connectivity index (χ3v) is 6.40. The van der Waals surface area contributed by atoms with Crippen molar-refractivity contribution in [1.29, 1.82) is 0 Å². The number of ether oxygens (including phenoxy) is 2. The lowest BCUT2D eigenvalue weighted by Gasteiger charge is -2.45. The van der Waals surface area contributed by atoms with E-state index in [4.69, 9.17) is 9.47 Å². The van der Waals surface area contributed by atoms with Gasteiger partial charge in [-0.05, 0) is 56.0 Å². The number of nitrogens with one attached hydrogen (secondary N) is 1. The first-order chi connectivity index (χ1) is 13.2. The molecule has 6 rings (SSSR count). The summed E-state index contributed by atoms with van der Waals surface area (Å²) in [6, 6.07) is 5.54. The van der Waals surface area contributed by atoms with Crippen molar-refractivity contribution in [2.75, 3.05) is 26.4 Å². The normalized spacial score (nSPS) is 31.4. The summed E-state index contributed by atoms with van der Waals surface area (Å²) >= 11 is 0.